The van der Waals surface area contributed by atoms with Crippen molar-refractivity contribution < 1.29 is 9.90 Å². The van der Waals surface area contributed by atoms with Crippen LogP contribution in [0.3, 0.4) is 0 Å². The van der Waals surface area contributed by atoms with Gasteiger partial charge in [-0.1, -0.05) is 19.8 Å². The monoisotopic (exact) mass is 200 g/mol. The van der Waals surface area contributed by atoms with Gasteiger partial charge in [0.2, 0.25) is 0 Å². The van der Waals surface area contributed by atoms with Gasteiger partial charge in [-0.2, -0.15) is 0 Å². The number of hydrogen-bond donors (Lipinski definition) is 3. The fourth-order valence-electron chi connectivity index (χ4n) is 2.06. The van der Waals surface area contributed by atoms with E-state index in [4.69, 9.17) is 5.11 Å². The van der Waals surface area contributed by atoms with Gasteiger partial charge >= 0.3 is 6.09 Å². The average molecular weight is 200 g/mol. The summed E-state index contributed by atoms with van der Waals surface area (Å²) in [5.74, 6) is 0. The molecule has 3 N–H and O–H groups in total. The van der Waals surface area contributed by atoms with Gasteiger partial charge < -0.3 is 15.7 Å². The van der Waals surface area contributed by atoms with Crippen LogP contribution in [0, 0.1) is 5.41 Å². The van der Waals surface area contributed by atoms with Crippen LogP contribution in [0.25, 0.3) is 0 Å². The minimum Gasteiger partial charge on any atom is -0.465 e. The summed E-state index contributed by atoms with van der Waals surface area (Å²) in [5, 5.41) is 14.4. The highest BCUT2D eigenvalue weighted by molar-refractivity contribution is 5.64. The minimum atomic E-state index is -0.909. The van der Waals surface area contributed by atoms with E-state index < -0.39 is 6.09 Å². The summed E-state index contributed by atoms with van der Waals surface area (Å²) >= 11 is 0. The molecule has 0 aromatic heterocycles. The molecule has 4 nitrogen and oxygen atoms in total. The van der Waals surface area contributed by atoms with Crippen molar-refractivity contribution in [2.45, 2.75) is 32.6 Å². The molecule has 82 valence electrons. The SMILES string of the molecule is CCCC[C@@]1(CNC(=O)O)CCNC1. The molecule has 0 radical (unpaired) electrons. The molecule has 0 unspecified atom stereocenters. The van der Waals surface area contributed by atoms with Crippen LogP contribution in [0.1, 0.15) is 32.6 Å². The van der Waals surface area contributed by atoms with Crippen LogP contribution in [0.5, 0.6) is 0 Å². The van der Waals surface area contributed by atoms with E-state index in [0.717, 1.165) is 25.9 Å². The van der Waals surface area contributed by atoms with E-state index in [1.807, 2.05) is 0 Å². The van der Waals surface area contributed by atoms with E-state index in [2.05, 4.69) is 17.6 Å². The predicted octanol–water partition coefficient (Wildman–Crippen LogP) is 1.42. The van der Waals surface area contributed by atoms with E-state index in [1.54, 1.807) is 0 Å². The van der Waals surface area contributed by atoms with Gasteiger partial charge in [0, 0.05) is 18.5 Å². The Kier molecular flexibility index (Phi) is 4.20. The third-order valence-corrected chi connectivity index (χ3v) is 3.01. The van der Waals surface area contributed by atoms with Gasteiger partial charge in [-0.25, -0.2) is 4.79 Å². The second kappa shape index (κ2) is 5.20. The largest absolute Gasteiger partial charge is 0.465 e. The zero-order valence-electron chi connectivity index (χ0n) is 8.81. The zero-order valence-corrected chi connectivity index (χ0v) is 8.81. The van der Waals surface area contributed by atoms with Crippen LogP contribution in [-0.4, -0.2) is 30.8 Å². The predicted molar refractivity (Wildman–Crippen MR) is 55.5 cm³/mol. The summed E-state index contributed by atoms with van der Waals surface area (Å²) in [6.07, 6.45) is 3.66. The third-order valence-electron chi connectivity index (χ3n) is 3.01. The van der Waals surface area contributed by atoms with Crippen molar-refractivity contribution in [3.05, 3.63) is 0 Å². The minimum absolute atomic E-state index is 0.175. The summed E-state index contributed by atoms with van der Waals surface area (Å²) in [5.41, 5.74) is 0.175. The molecular formula is C10H20N2O2. The Bertz CT molecular complexity index is 189. The van der Waals surface area contributed by atoms with Crippen molar-refractivity contribution in [2.24, 2.45) is 5.41 Å². The number of carbonyl (C=O) groups is 1. The maximum absolute atomic E-state index is 10.4. The van der Waals surface area contributed by atoms with Gasteiger partial charge in [0.25, 0.3) is 0 Å². The topological polar surface area (TPSA) is 61.4 Å². The van der Waals surface area contributed by atoms with Crippen LogP contribution >= 0.6 is 0 Å². The normalized spacial score (nSPS) is 26.4. The highest BCUT2D eigenvalue weighted by Gasteiger charge is 2.33. The number of nitrogens with one attached hydrogen (secondary N) is 2. The number of rotatable bonds is 5. The van der Waals surface area contributed by atoms with E-state index in [1.165, 1.54) is 12.8 Å². The Morgan fingerprint density at radius 2 is 2.43 bits per heavy atom. The molecule has 0 aromatic rings. The zero-order chi connectivity index (χ0) is 10.4. The molecule has 1 heterocycles. The molecule has 1 saturated heterocycles. The van der Waals surface area contributed by atoms with Gasteiger partial charge in [0.15, 0.2) is 0 Å². The molecule has 0 bridgehead atoms. The molecule has 1 fully saturated rings. The molecule has 1 aliphatic heterocycles. The molecule has 0 aliphatic carbocycles. The second-order valence-electron chi connectivity index (χ2n) is 4.19. The van der Waals surface area contributed by atoms with E-state index in [-0.39, 0.29) is 5.41 Å². The molecule has 1 atom stereocenters. The lowest BCUT2D eigenvalue weighted by atomic mass is 9.82. The first-order valence-corrected chi connectivity index (χ1v) is 5.36. The van der Waals surface area contributed by atoms with Crippen LogP contribution in [0.4, 0.5) is 4.79 Å². The van der Waals surface area contributed by atoms with Crippen molar-refractivity contribution in [1.82, 2.24) is 10.6 Å². The van der Waals surface area contributed by atoms with E-state index in [0.29, 0.717) is 6.54 Å². The number of amides is 1. The first-order valence-electron chi connectivity index (χ1n) is 5.36. The van der Waals surface area contributed by atoms with Crippen molar-refractivity contribution in [3.63, 3.8) is 0 Å². The number of hydrogen-bond acceptors (Lipinski definition) is 2. The summed E-state index contributed by atoms with van der Waals surface area (Å²) in [6.45, 7) is 4.73. The molecular weight excluding hydrogens is 180 g/mol. The number of unbranched alkanes of at least 4 members (excludes halogenated alkanes) is 1. The highest BCUT2D eigenvalue weighted by atomic mass is 16.4. The van der Waals surface area contributed by atoms with Crippen molar-refractivity contribution in [1.29, 1.82) is 0 Å². The lowest BCUT2D eigenvalue weighted by Gasteiger charge is -2.27. The maximum Gasteiger partial charge on any atom is 0.404 e. The first kappa shape index (κ1) is 11.3. The summed E-state index contributed by atoms with van der Waals surface area (Å²) in [7, 11) is 0. The standard InChI is InChI=1S/C10H20N2O2/c1-2-3-4-10(5-6-11-7-10)8-12-9(13)14/h11-12H,2-8H2,1H3,(H,13,14)/t10-/m1/s1. The Morgan fingerprint density at radius 1 is 1.64 bits per heavy atom. The molecule has 0 saturated carbocycles. The summed E-state index contributed by atoms with van der Waals surface area (Å²) in [6, 6.07) is 0. The van der Waals surface area contributed by atoms with Crippen LogP contribution < -0.4 is 10.6 Å². The quantitative estimate of drug-likeness (QED) is 0.629. The summed E-state index contributed by atoms with van der Waals surface area (Å²) < 4.78 is 0. The van der Waals surface area contributed by atoms with Crippen LogP contribution in [0.15, 0.2) is 0 Å². The third kappa shape index (κ3) is 3.18. The van der Waals surface area contributed by atoms with Crippen molar-refractivity contribution >= 4 is 6.09 Å². The lowest BCUT2D eigenvalue weighted by molar-refractivity contribution is 0.183. The smallest absolute Gasteiger partial charge is 0.404 e. The molecule has 0 aromatic carbocycles. The Labute approximate surface area is 85.1 Å². The van der Waals surface area contributed by atoms with Crippen molar-refractivity contribution in [3.8, 4) is 0 Å². The maximum atomic E-state index is 10.4. The Morgan fingerprint density at radius 3 is 2.93 bits per heavy atom. The fourth-order valence-corrected chi connectivity index (χ4v) is 2.06. The molecule has 0 spiro atoms. The van der Waals surface area contributed by atoms with Gasteiger partial charge in [0.05, 0.1) is 0 Å². The fraction of sp³-hybridized carbons (Fsp3) is 0.900. The molecule has 4 heteroatoms. The van der Waals surface area contributed by atoms with Crippen LogP contribution in [0.2, 0.25) is 0 Å². The van der Waals surface area contributed by atoms with Gasteiger partial charge in [0.1, 0.15) is 0 Å². The molecule has 1 rings (SSSR count). The summed E-state index contributed by atoms with van der Waals surface area (Å²) in [4.78, 5) is 10.4. The van der Waals surface area contributed by atoms with E-state index in [9.17, 15) is 4.79 Å². The first-order chi connectivity index (χ1) is 6.68. The molecule has 14 heavy (non-hydrogen) atoms. The van der Waals surface area contributed by atoms with Gasteiger partial charge in [-0.15, -0.1) is 0 Å². The second-order valence-corrected chi connectivity index (χ2v) is 4.19. The highest BCUT2D eigenvalue weighted by Crippen LogP contribution is 2.30. The Hall–Kier alpha value is -0.770. The van der Waals surface area contributed by atoms with E-state index >= 15 is 0 Å². The van der Waals surface area contributed by atoms with Gasteiger partial charge in [-0.3, -0.25) is 0 Å². The molecule has 1 aliphatic rings. The Balaban J connectivity index is 2.40. The lowest BCUT2D eigenvalue weighted by Crippen LogP contribution is -2.38. The average Bonchev–Trinajstić information content (AvgIpc) is 2.61. The molecule has 1 amide bonds. The van der Waals surface area contributed by atoms with Crippen molar-refractivity contribution in [2.75, 3.05) is 19.6 Å². The number of carboxylic acid groups (broad SMARTS) is 1. The van der Waals surface area contributed by atoms with Crippen LogP contribution in [-0.2, 0) is 0 Å². The van der Waals surface area contributed by atoms with Gasteiger partial charge in [-0.05, 0) is 19.4 Å².